The standard InChI is InChI=1S/C9H19N3O2/c1-7(2)8(10)9(13)11-12-3-5-14-6-4-12/h7-8H,3-6,10H2,1-2H3,(H,11,13)/t8-/m0/s1. The van der Waals surface area contributed by atoms with Gasteiger partial charge in [-0.3, -0.25) is 10.2 Å². The molecule has 1 saturated heterocycles. The highest BCUT2D eigenvalue weighted by atomic mass is 16.5. The molecule has 0 aromatic heterocycles. The zero-order valence-electron chi connectivity index (χ0n) is 8.82. The molecular weight excluding hydrogens is 182 g/mol. The van der Waals surface area contributed by atoms with Gasteiger partial charge in [0.15, 0.2) is 0 Å². The van der Waals surface area contributed by atoms with E-state index in [9.17, 15) is 4.79 Å². The van der Waals surface area contributed by atoms with Crippen molar-refractivity contribution in [2.45, 2.75) is 19.9 Å². The summed E-state index contributed by atoms with van der Waals surface area (Å²) < 4.78 is 5.16. The second kappa shape index (κ2) is 5.29. The molecule has 1 amide bonds. The monoisotopic (exact) mass is 201 g/mol. The first-order chi connectivity index (χ1) is 6.61. The van der Waals surface area contributed by atoms with Gasteiger partial charge in [0.25, 0.3) is 5.91 Å². The van der Waals surface area contributed by atoms with Crippen LogP contribution in [0.4, 0.5) is 0 Å². The van der Waals surface area contributed by atoms with Crippen molar-refractivity contribution in [2.24, 2.45) is 11.7 Å². The number of carbonyl (C=O) groups excluding carboxylic acids is 1. The van der Waals surface area contributed by atoms with Crippen LogP contribution < -0.4 is 11.2 Å². The van der Waals surface area contributed by atoms with Gasteiger partial charge in [-0.05, 0) is 5.92 Å². The second-order valence-corrected chi connectivity index (χ2v) is 3.85. The SMILES string of the molecule is CC(C)[C@H](N)C(=O)NN1CCOCC1. The van der Waals surface area contributed by atoms with E-state index in [1.165, 1.54) is 0 Å². The van der Waals surface area contributed by atoms with E-state index < -0.39 is 6.04 Å². The number of hydrazine groups is 1. The van der Waals surface area contributed by atoms with Gasteiger partial charge in [-0.15, -0.1) is 0 Å². The molecule has 14 heavy (non-hydrogen) atoms. The third-order valence-electron chi connectivity index (χ3n) is 2.30. The molecule has 0 aromatic carbocycles. The predicted octanol–water partition coefficient (Wildman–Crippen LogP) is -0.667. The summed E-state index contributed by atoms with van der Waals surface area (Å²) in [7, 11) is 0. The predicted molar refractivity (Wildman–Crippen MR) is 53.3 cm³/mol. The smallest absolute Gasteiger partial charge is 0.251 e. The van der Waals surface area contributed by atoms with Crippen LogP contribution in [0.2, 0.25) is 0 Å². The quantitative estimate of drug-likeness (QED) is 0.635. The molecule has 0 unspecified atom stereocenters. The topological polar surface area (TPSA) is 67.6 Å². The fourth-order valence-electron chi connectivity index (χ4n) is 1.21. The van der Waals surface area contributed by atoms with Crippen LogP contribution >= 0.6 is 0 Å². The van der Waals surface area contributed by atoms with Gasteiger partial charge in [-0.1, -0.05) is 13.8 Å². The molecule has 1 aliphatic rings. The van der Waals surface area contributed by atoms with Crippen molar-refractivity contribution in [3.8, 4) is 0 Å². The molecule has 0 radical (unpaired) electrons. The Morgan fingerprint density at radius 2 is 2.00 bits per heavy atom. The van der Waals surface area contributed by atoms with E-state index in [1.807, 2.05) is 18.9 Å². The molecule has 1 fully saturated rings. The van der Waals surface area contributed by atoms with Crippen LogP contribution in [0.15, 0.2) is 0 Å². The maximum Gasteiger partial charge on any atom is 0.251 e. The molecule has 1 atom stereocenters. The van der Waals surface area contributed by atoms with E-state index in [0.29, 0.717) is 13.2 Å². The number of amides is 1. The van der Waals surface area contributed by atoms with E-state index in [1.54, 1.807) is 0 Å². The Kier molecular flexibility index (Phi) is 4.31. The fraction of sp³-hybridized carbons (Fsp3) is 0.889. The van der Waals surface area contributed by atoms with Crippen LogP contribution in [0.3, 0.4) is 0 Å². The number of hydrogen-bond acceptors (Lipinski definition) is 4. The first-order valence-corrected chi connectivity index (χ1v) is 5.00. The van der Waals surface area contributed by atoms with Gasteiger partial charge in [0.2, 0.25) is 0 Å². The molecule has 5 heteroatoms. The lowest BCUT2D eigenvalue weighted by atomic mass is 10.1. The molecule has 82 valence electrons. The minimum Gasteiger partial charge on any atom is -0.379 e. The van der Waals surface area contributed by atoms with Crippen molar-refractivity contribution in [1.82, 2.24) is 10.4 Å². The number of rotatable bonds is 3. The van der Waals surface area contributed by atoms with Gasteiger partial charge >= 0.3 is 0 Å². The highest BCUT2D eigenvalue weighted by molar-refractivity contribution is 5.81. The summed E-state index contributed by atoms with van der Waals surface area (Å²) in [6.07, 6.45) is 0. The summed E-state index contributed by atoms with van der Waals surface area (Å²) >= 11 is 0. The molecule has 3 N–H and O–H groups in total. The third-order valence-corrected chi connectivity index (χ3v) is 2.30. The lowest BCUT2D eigenvalue weighted by molar-refractivity contribution is -0.130. The molecular formula is C9H19N3O2. The lowest BCUT2D eigenvalue weighted by Gasteiger charge is -2.28. The second-order valence-electron chi connectivity index (χ2n) is 3.85. The van der Waals surface area contributed by atoms with Gasteiger partial charge in [0.1, 0.15) is 0 Å². The Morgan fingerprint density at radius 1 is 1.43 bits per heavy atom. The Hall–Kier alpha value is -0.650. The van der Waals surface area contributed by atoms with Gasteiger partial charge in [-0.2, -0.15) is 0 Å². The number of nitrogens with zero attached hydrogens (tertiary/aromatic N) is 1. The third kappa shape index (κ3) is 3.25. The fourth-order valence-corrected chi connectivity index (χ4v) is 1.21. The van der Waals surface area contributed by atoms with Crippen molar-refractivity contribution in [1.29, 1.82) is 0 Å². The van der Waals surface area contributed by atoms with E-state index >= 15 is 0 Å². The minimum atomic E-state index is -0.433. The van der Waals surface area contributed by atoms with Crippen LogP contribution in [0.5, 0.6) is 0 Å². The van der Waals surface area contributed by atoms with Crippen molar-refractivity contribution in [2.75, 3.05) is 26.3 Å². The Balaban J connectivity index is 2.31. The van der Waals surface area contributed by atoms with Gasteiger partial charge in [0, 0.05) is 13.1 Å². The van der Waals surface area contributed by atoms with Crippen LogP contribution in [-0.4, -0.2) is 43.3 Å². The molecule has 0 aromatic rings. The first kappa shape index (κ1) is 11.4. The maximum absolute atomic E-state index is 11.5. The number of nitrogens with two attached hydrogens (primary N) is 1. The van der Waals surface area contributed by atoms with E-state index in [2.05, 4.69) is 5.43 Å². The molecule has 5 nitrogen and oxygen atoms in total. The Morgan fingerprint density at radius 3 is 2.50 bits per heavy atom. The van der Waals surface area contributed by atoms with Crippen LogP contribution in [-0.2, 0) is 9.53 Å². The summed E-state index contributed by atoms with van der Waals surface area (Å²) in [4.78, 5) is 11.5. The zero-order chi connectivity index (χ0) is 10.6. The van der Waals surface area contributed by atoms with Crippen molar-refractivity contribution >= 4 is 5.91 Å². The van der Waals surface area contributed by atoms with Crippen LogP contribution in [0.25, 0.3) is 0 Å². The number of hydrogen-bond donors (Lipinski definition) is 2. The van der Waals surface area contributed by atoms with Gasteiger partial charge < -0.3 is 10.5 Å². The van der Waals surface area contributed by atoms with E-state index in [0.717, 1.165) is 13.1 Å². The summed E-state index contributed by atoms with van der Waals surface area (Å²) in [5, 5.41) is 1.86. The van der Waals surface area contributed by atoms with Crippen LogP contribution in [0.1, 0.15) is 13.8 Å². The number of morpholine rings is 1. The van der Waals surface area contributed by atoms with Gasteiger partial charge in [-0.25, -0.2) is 5.01 Å². The maximum atomic E-state index is 11.5. The van der Waals surface area contributed by atoms with Crippen molar-refractivity contribution in [3.05, 3.63) is 0 Å². The molecule has 0 saturated carbocycles. The van der Waals surface area contributed by atoms with E-state index in [4.69, 9.17) is 10.5 Å². The number of carbonyl (C=O) groups is 1. The average Bonchev–Trinajstić information content (AvgIpc) is 2.18. The normalized spacial score (nSPS) is 20.9. The largest absolute Gasteiger partial charge is 0.379 e. The molecule has 0 aliphatic carbocycles. The molecule has 0 spiro atoms. The van der Waals surface area contributed by atoms with Crippen LogP contribution in [0, 0.1) is 5.92 Å². The highest BCUT2D eigenvalue weighted by Crippen LogP contribution is 1.99. The molecule has 1 aliphatic heterocycles. The minimum absolute atomic E-state index is 0.109. The molecule has 1 rings (SSSR count). The van der Waals surface area contributed by atoms with E-state index in [-0.39, 0.29) is 11.8 Å². The highest BCUT2D eigenvalue weighted by Gasteiger charge is 2.20. The Labute approximate surface area is 84.5 Å². The number of nitrogens with one attached hydrogen (secondary N) is 1. The lowest BCUT2D eigenvalue weighted by Crippen LogP contribution is -2.54. The summed E-state index contributed by atoms with van der Waals surface area (Å²) in [6.45, 7) is 6.66. The Bertz CT molecular complexity index is 190. The zero-order valence-corrected chi connectivity index (χ0v) is 8.82. The van der Waals surface area contributed by atoms with Crippen molar-refractivity contribution in [3.63, 3.8) is 0 Å². The summed E-state index contributed by atoms with van der Waals surface area (Å²) in [6, 6.07) is -0.433. The van der Waals surface area contributed by atoms with Gasteiger partial charge in [0.05, 0.1) is 19.3 Å². The number of ether oxygens (including phenoxy) is 1. The first-order valence-electron chi connectivity index (χ1n) is 5.00. The van der Waals surface area contributed by atoms with Crippen molar-refractivity contribution < 1.29 is 9.53 Å². The summed E-state index contributed by atoms with van der Waals surface area (Å²) in [5.74, 6) is 0.0536. The average molecular weight is 201 g/mol. The molecule has 1 heterocycles. The molecule has 0 bridgehead atoms. The summed E-state index contributed by atoms with van der Waals surface area (Å²) in [5.41, 5.74) is 8.50.